The molecule has 0 amide bonds. The molecule has 0 fully saturated rings. The molecule has 0 unspecified atom stereocenters. The molecule has 25 heavy (non-hydrogen) atoms. The van der Waals surface area contributed by atoms with E-state index in [2.05, 4.69) is 15.2 Å². The minimum absolute atomic E-state index is 0.136. The lowest BCUT2D eigenvalue weighted by Gasteiger charge is -2.04. The van der Waals surface area contributed by atoms with E-state index in [1.807, 2.05) is 0 Å². The van der Waals surface area contributed by atoms with Crippen molar-refractivity contribution in [3.63, 3.8) is 0 Å². The Bertz CT molecular complexity index is 1120. The number of hydrogen-bond acceptors (Lipinski definition) is 7. The summed E-state index contributed by atoms with van der Waals surface area (Å²) in [5.74, 6) is 6.21. The summed E-state index contributed by atoms with van der Waals surface area (Å²) >= 11 is 2.66. The van der Waals surface area contributed by atoms with Crippen molar-refractivity contribution in [1.82, 2.24) is 24.3 Å². The van der Waals surface area contributed by atoms with Crippen molar-refractivity contribution >= 4 is 28.1 Å². The number of halogens is 1. The zero-order valence-electron chi connectivity index (χ0n) is 12.7. The van der Waals surface area contributed by atoms with Gasteiger partial charge in [0.2, 0.25) is 5.16 Å². The summed E-state index contributed by atoms with van der Waals surface area (Å²) in [6.45, 7) is 0. The second-order valence-electron chi connectivity index (χ2n) is 5.09. The van der Waals surface area contributed by atoms with Crippen LogP contribution in [-0.4, -0.2) is 24.3 Å². The number of nitrogen functional groups attached to an aromatic ring is 1. The zero-order chi connectivity index (χ0) is 17.4. The molecule has 10 heteroatoms. The Morgan fingerprint density at radius 1 is 1.28 bits per heavy atom. The van der Waals surface area contributed by atoms with Crippen LogP contribution in [0.25, 0.3) is 16.3 Å². The highest BCUT2D eigenvalue weighted by Crippen LogP contribution is 2.25. The maximum atomic E-state index is 13.9. The van der Waals surface area contributed by atoms with Gasteiger partial charge in [-0.2, -0.15) is 0 Å². The van der Waals surface area contributed by atoms with Gasteiger partial charge in [-0.1, -0.05) is 23.9 Å². The number of thioether (sulfide) groups is 1. The summed E-state index contributed by atoms with van der Waals surface area (Å²) in [6, 6.07) is 7.70. The summed E-state index contributed by atoms with van der Waals surface area (Å²) in [6.07, 6.45) is 1.68. The molecule has 0 atom stereocenters. The van der Waals surface area contributed by atoms with E-state index in [4.69, 9.17) is 5.84 Å². The fourth-order valence-corrected chi connectivity index (χ4v) is 3.79. The Morgan fingerprint density at radius 3 is 2.96 bits per heavy atom. The molecule has 0 aliphatic carbocycles. The molecule has 3 heterocycles. The lowest BCUT2D eigenvalue weighted by Crippen LogP contribution is -2.13. The van der Waals surface area contributed by atoms with Gasteiger partial charge in [-0.25, -0.2) is 14.1 Å². The molecule has 2 N–H and O–H groups in total. The lowest BCUT2D eigenvalue weighted by atomic mass is 10.2. The predicted molar refractivity (Wildman–Crippen MR) is 94.5 cm³/mol. The van der Waals surface area contributed by atoms with Crippen LogP contribution in [0.1, 0.15) is 5.69 Å². The van der Waals surface area contributed by atoms with Crippen LogP contribution in [0, 0.1) is 5.82 Å². The van der Waals surface area contributed by atoms with E-state index in [1.54, 1.807) is 29.8 Å². The number of benzene rings is 1. The van der Waals surface area contributed by atoms with Gasteiger partial charge in [-0.05, 0) is 12.1 Å². The highest BCUT2D eigenvalue weighted by atomic mass is 32.2. The monoisotopic (exact) mass is 374 g/mol. The van der Waals surface area contributed by atoms with E-state index < -0.39 is 5.82 Å². The summed E-state index contributed by atoms with van der Waals surface area (Å²) in [5, 5.41) is 10.2. The lowest BCUT2D eigenvalue weighted by molar-refractivity contribution is 0.629. The van der Waals surface area contributed by atoms with Crippen LogP contribution in [-0.2, 0) is 5.75 Å². The van der Waals surface area contributed by atoms with Gasteiger partial charge in [0.1, 0.15) is 5.82 Å². The van der Waals surface area contributed by atoms with Crippen molar-refractivity contribution < 1.29 is 4.39 Å². The molecular weight excluding hydrogens is 363 g/mol. The normalized spacial score (nSPS) is 11.2. The molecule has 7 nitrogen and oxygen atoms in total. The topological polar surface area (TPSA) is 91.1 Å². The number of rotatable bonds is 4. The Labute approximate surface area is 148 Å². The van der Waals surface area contributed by atoms with Crippen molar-refractivity contribution in [2.24, 2.45) is 0 Å². The SMILES string of the molecule is Nn1c(SCc2cc(=O)n3ccsc3n2)nnc1-c1ccccc1F. The second-order valence-corrected chi connectivity index (χ2v) is 6.90. The molecule has 0 spiro atoms. The summed E-state index contributed by atoms with van der Waals surface area (Å²) in [5.41, 5.74) is 0.761. The first-order valence-corrected chi connectivity index (χ1v) is 9.04. The quantitative estimate of drug-likeness (QED) is 0.435. The largest absolute Gasteiger partial charge is 0.335 e. The van der Waals surface area contributed by atoms with E-state index in [1.165, 1.54) is 44.3 Å². The predicted octanol–water partition coefficient (Wildman–Crippen LogP) is 2.16. The standard InChI is InChI=1S/C15H11FN6OS2/c16-11-4-2-1-3-10(11)13-19-20-15(22(13)17)25-8-9-7-12(23)21-5-6-24-14(21)18-9/h1-7H,8,17H2. The fraction of sp³-hybridized carbons (Fsp3) is 0.0667. The van der Waals surface area contributed by atoms with E-state index in [-0.39, 0.29) is 16.9 Å². The van der Waals surface area contributed by atoms with Crippen LogP contribution in [0.2, 0.25) is 0 Å². The maximum absolute atomic E-state index is 13.9. The van der Waals surface area contributed by atoms with Gasteiger partial charge < -0.3 is 5.84 Å². The molecule has 0 aliphatic heterocycles. The van der Waals surface area contributed by atoms with Crippen LogP contribution in [0.15, 0.2) is 51.9 Å². The molecule has 0 bridgehead atoms. The third-order valence-electron chi connectivity index (χ3n) is 3.48. The molecule has 0 saturated carbocycles. The summed E-state index contributed by atoms with van der Waals surface area (Å²) < 4.78 is 16.6. The highest BCUT2D eigenvalue weighted by Gasteiger charge is 2.15. The van der Waals surface area contributed by atoms with Crippen molar-refractivity contribution in [2.75, 3.05) is 5.84 Å². The first-order valence-electron chi connectivity index (χ1n) is 7.17. The Kier molecular flexibility index (Phi) is 3.98. The average molecular weight is 374 g/mol. The number of aromatic nitrogens is 5. The van der Waals surface area contributed by atoms with E-state index in [0.29, 0.717) is 21.6 Å². The van der Waals surface area contributed by atoms with Crippen molar-refractivity contribution in [3.05, 3.63) is 63.8 Å². The molecule has 3 aromatic heterocycles. The Hall–Kier alpha value is -2.72. The van der Waals surface area contributed by atoms with E-state index >= 15 is 0 Å². The molecule has 4 aromatic rings. The molecular formula is C15H11FN6OS2. The van der Waals surface area contributed by atoms with Crippen LogP contribution in [0.3, 0.4) is 0 Å². The number of fused-ring (bicyclic) bond motifs is 1. The van der Waals surface area contributed by atoms with Gasteiger partial charge in [-0.3, -0.25) is 9.20 Å². The summed E-state index contributed by atoms with van der Waals surface area (Å²) in [4.78, 5) is 17.0. The number of hydrogen-bond donors (Lipinski definition) is 1. The minimum atomic E-state index is -0.420. The van der Waals surface area contributed by atoms with Gasteiger partial charge in [-0.15, -0.1) is 21.5 Å². The third-order valence-corrected chi connectivity index (χ3v) is 5.22. The van der Waals surface area contributed by atoms with Crippen molar-refractivity contribution in [3.8, 4) is 11.4 Å². The molecule has 0 radical (unpaired) electrons. The van der Waals surface area contributed by atoms with Gasteiger partial charge in [0, 0.05) is 23.4 Å². The van der Waals surface area contributed by atoms with Crippen molar-refractivity contribution in [2.45, 2.75) is 10.9 Å². The molecule has 0 aliphatic rings. The second kappa shape index (κ2) is 6.30. The van der Waals surface area contributed by atoms with Gasteiger partial charge >= 0.3 is 0 Å². The highest BCUT2D eigenvalue weighted by molar-refractivity contribution is 7.98. The first-order chi connectivity index (χ1) is 12.1. The number of nitrogens with zero attached hydrogens (tertiary/aromatic N) is 5. The summed E-state index contributed by atoms with van der Waals surface area (Å²) in [7, 11) is 0. The Morgan fingerprint density at radius 2 is 2.12 bits per heavy atom. The maximum Gasteiger partial charge on any atom is 0.258 e. The van der Waals surface area contributed by atoms with Gasteiger partial charge in [0.25, 0.3) is 5.56 Å². The van der Waals surface area contributed by atoms with Crippen LogP contribution in [0.4, 0.5) is 4.39 Å². The molecule has 1 aromatic carbocycles. The van der Waals surface area contributed by atoms with Crippen LogP contribution < -0.4 is 11.4 Å². The van der Waals surface area contributed by atoms with E-state index in [9.17, 15) is 9.18 Å². The first kappa shape index (κ1) is 15.8. The fourth-order valence-electron chi connectivity index (χ4n) is 2.30. The number of nitrogens with two attached hydrogens (primary N) is 1. The smallest absolute Gasteiger partial charge is 0.258 e. The van der Waals surface area contributed by atoms with Gasteiger partial charge in [0.15, 0.2) is 10.8 Å². The van der Waals surface area contributed by atoms with Gasteiger partial charge in [0.05, 0.1) is 11.3 Å². The zero-order valence-corrected chi connectivity index (χ0v) is 14.3. The van der Waals surface area contributed by atoms with Crippen LogP contribution in [0.5, 0.6) is 0 Å². The molecule has 0 saturated heterocycles. The third kappa shape index (κ3) is 2.89. The van der Waals surface area contributed by atoms with Crippen LogP contribution >= 0.6 is 23.1 Å². The number of thiazole rings is 1. The average Bonchev–Trinajstić information content (AvgIpc) is 3.21. The molecule has 4 rings (SSSR count). The van der Waals surface area contributed by atoms with Crippen molar-refractivity contribution in [1.29, 1.82) is 0 Å². The van der Waals surface area contributed by atoms with E-state index in [0.717, 1.165) is 0 Å². The molecule has 126 valence electrons. The Balaban J connectivity index is 1.59. The minimum Gasteiger partial charge on any atom is -0.335 e.